The van der Waals surface area contributed by atoms with E-state index in [1.165, 1.54) is 22.7 Å². The van der Waals surface area contributed by atoms with Gasteiger partial charge in [-0.2, -0.15) is 0 Å². The fourth-order valence-corrected chi connectivity index (χ4v) is 4.21. The first kappa shape index (κ1) is 20.6. The maximum atomic E-state index is 12.9. The van der Waals surface area contributed by atoms with E-state index in [-0.39, 0.29) is 34.3 Å². The van der Waals surface area contributed by atoms with Gasteiger partial charge >= 0.3 is 5.97 Å². The van der Waals surface area contributed by atoms with Gasteiger partial charge < -0.3 is 21.0 Å². The molecule has 2 amide bonds. The van der Waals surface area contributed by atoms with Gasteiger partial charge in [0.05, 0.1) is 0 Å². The van der Waals surface area contributed by atoms with E-state index in [9.17, 15) is 19.5 Å². The maximum absolute atomic E-state index is 12.9. The molecule has 1 saturated heterocycles. The molecule has 2 aliphatic rings. The van der Waals surface area contributed by atoms with Crippen molar-refractivity contribution in [3.63, 3.8) is 0 Å². The van der Waals surface area contributed by atoms with E-state index in [0.29, 0.717) is 0 Å². The van der Waals surface area contributed by atoms with Crippen molar-refractivity contribution in [2.75, 3.05) is 5.73 Å². The molecule has 3 atom stereocenters. The van der Waals surface area contributed by atoms with E-state index in [0.717, 1.165) is 0 Å². The molecule has 2 aliphatic heterocycles. The third-order valence-corrected chi connectivity index (χ3v) is 5.47. The number of pyridine rings is 1. The summed E-state index contributed by atoms with van der Waals surface area (Å²) in [7, 11) is 0. The first-order valence-corrected chi connectivity index (χ1v) is 9.84. The number of carbonyl (C=O) groups is 3. The van der Waals surface area contributed by atoms with E-state index >= 15 is 0 Å². The fraction of sp³-hybridized carbons (Fsp3) is 0.389. The van der Waals surface area contributed by atoms with Gasteiger partial charge in [0.15, 0.2) is 5.71 Å². The molecule has 1 aromatic heterocycles. The number of fused-ring (bicyclic) bond motifs is 1. The van der Waals surface area contributed by atoms with Crippen molar-refractivity contribution in [3.05, 3.63) is 35.7 Å². The topological polar surface area (TPSA) is 147 Å². The highest BCUT2D eigenvalue weighted by Crippen LogP contribution is 2.40. The number of nitrogen functional groups attached to an aromatic ring is 1. The molecule has 3 unspecified atom stereocenters. The summed E-state index contributed by atoms with van der Waals surface area (Å²) in [5.41, 5.74) is 5.69. The summed E-state index contributed by atoms with van der Waals surface area (Å²) in [6.07, 6.45) is 1.23. The molecule has 4 N–H and O–H groups in total. The summed E-state index contributed by atoms with van der Waals surface area (Å²) in [6, 6.07) is 3.85. The summed E-state index contributed by atoms with van der Waals surface area (Å²) in [5, 5.41) is 15.2. The van der Waals surface area contributed by atoms with Crippen LogP contribution in [0.3, 0.4) is 0 Å². The molecule has 3 rings (SSSR count). The van der Waals surface area contributed by atoms with E-state index < -0.39 is 29.2 Å². The van der Waals surface area contributed by atoms with Crippen molar-refractivity contribution in [1.29, 1.82) is 0 Å². The Morgan fingerprint density at radius 2 is 2.14 bits per heavy atom. The second kappa shape index (κ2) is 8.11. The lowest BCUT2D eigenvalue weighted by Gasteiger charge is -2.49. The normalized spacial score (nSPS) is 23.8. The number of thioether (sulfide) groups is 1. The third-order valence-electron chi connectivity index (χ3n) is 4.14. The monoisotopic (exact) mass is 419 g/mol. The fourth-order valence-electron chi connectivity index (χ4n) is 2.88. The first-order valence-electron chi connectivity index (χ1n) is 8.90. The summed E-state index contributed by atoms with van der Waals surface area (Å²) >= 11 is 1.38. The van der Waals surface area contributed by atoms with Gasteiger partial charge in [-0.1, -0.05) is 11.2 Å². The molecular weight excluding hydrogens is 398 g/mol. The Morgan fingerprint density at radius 1 is 1.41 bits per heavy atom. The first-order chi connectivity index (χ1) is 13.7. The summed E-state index contributed by atoms with van der Waals surface area (Å²) in [5.74, 6) is -2.15. The van der Waals surface area contributed by atoms with E-state index in [1.807, 2.05) is 6.92 Å². The number of nitrogens with two attached hydrogens (primary N) is 1. The Morgan fingerprint density at radius 3 is 2.76 bits per heavy atom. The number of rotatable bonds is 6. The number of amides is 2. The number of carboxylic acid groups (broad SMARTS) is 1. The zero-order chi connectivity index (χ0) is 21.3. The number of carboxylic acids is 1. The van der Waals surface area contributed by atoms with Crippen LogP contribution in [0.1, 0.15) is 26.5 Å². The predicted molar refractivity (Wildman–Crippen MR) is 107 cm³/mol. The van der Waals surface area contributed by atoms with Crippen LogP contribution < -0.4 is 11.1 Å². The lowest BCUT2D eigenvalue weighted by Crippen LogP contribution is -2.71. The highest BCUT2D eigenvalue weighted by atomic mass is 32.2. The van der Waals surface area contributed by atoms with Crippen LogP contribution in [0.25, 0.3) is 0 Å². The van der Waals surface area contributed by atoms with Crippen molar-refractivity contribution in [2.45, 2.75) is 43.5 Å². The minimum atomic E-state index is -1.18. The average molecular weight is 419 g/mol. The van der Waals surface area contributed by atoms with E-state index in [4.69, 9.17) is 10.6 Å². The molecular formula is C18H21N5O5S. The van der Waals surface area contributed by atoms with Crippen LogP contribution >= 0.6 is 11.8 Å². The zero-order valence-corrected chi connectivity index (χ0v) is 16.8. The Balaban J connectivity index is 1.82. The second-order valence-electron chi connectivity index (χ2n) is 6.79. The molecule has 0 aliphatic carbocycles. The molecule has 154 valence electrons. The lowest BCUT2D eigenvalue weighted by molar-refractivity contribution is -0.150. The van der Waals surface area contributed by atoms with Crippen molar-refractivity contribution in [1.82, 2.24) is 15.2 Å². The standard InChI is InChI=1S/C18H21N5O5S/c1-8(2)28-22-13(10-5-4-6-12(19)20-10)15(24)21-14-16(25)23-11(18(26)27)7-9(3)29-17(14)23/h4-9,14,17H,1-3H3,(H2,19,20)(H,21,24)(H,26,27)/b22-13+. The van der Waals surface area contributed by atoms with Gasteiger partial charge in [0.2, 0.25) is 0 Å². The van der Waals surface area contributed by atoms with E-state index in [2.05, 4.69) is 15.5 Å². The number of hydrogen-bond acceptors (Lipinski definition) is 8. The van der Waals surface area contributed by atoms with Crippen LogP contribution in [-0.2, 0) is 19.2 Å². The predicted octanol–water partition coefficient (Wildman–Crippen LogP) is 0.550. The molecule has 0 bridgehead atoms. The number of nitrogens with one attached hydrogen (secondary N) is 1. The molecule has 10 nitrogen and oxygen atoms in total. The van der Waals surface area contributed by atoms with Crippen LogP contribution in [0.2, 0.25) is 0 Å². The molecule has 29 heavy (non-hydrogen) atoms. The van der Waals surface area contributed by atoms with Gasteiger partial charge in [-0.15, -0.1) is 11.8 Å². The zero-order valence-electron chi connectivity index (χ0n) is 16.0. The van der Waals surface area contributed by atoms with Crippen molar-refractivity contribution in [3.8, 4) is 0 Å². The summed E-state index contributed by atoms with van der Waals surface area (Å²) < 4.78 is 0. The Hall–Kier alpha value is -3.08. The third kappa shape index (κ3) is 4.19. The Bertz CT molecular complexity index is 916. The quantitative estimate of drug-likeness (QED) is 0.344. The van der Waals surface area contributed by atoms with Crippen LogP contribution in [0.5, 0.6) is 0 Å². The maximum Gasteiger partial charge on any atom is 0.352 e. The summed E-state index contributed by atoms with van der Waals surface area (Å²) in [6.45, 7) is 5.32. The number of carbonyl (C=O) groups excluding carboxylic acids is 2. The number of oxime groups is 1. The minimum absolute atomic E-state index is 0.0775. The molecule has 0 saturated carbocycles. The van der Waals surface area contributed by atoms with Gasteiger partial charge in [-0.3, -0.25) is 14.5 Å². The van der Waals surface area contributed by atoms with Crippen LogP contribution in [0.15, 0.2) is 35.1 Å². The molecule has 3 heterocycles. The summed E-state index contributed by atoms with van der Waals surface area (Å²) in [4.78, 5) is 47.3. The Kier molecular flexibility index (Phi) is 5.78. The van der Waals surface area contributed by atoms with Crippen LogP contribution in [0, 0.1) is 0 Å². The molecule has 0 radical (unpaired) electrons. The number of aromatic nitrogens is 1. The van der Waals surface area contributed by atoms with Gasteiger partial charge in [0, 0.05) is 5.25 Å². The van der Waals surface area contributed by atoms with Gasteiger partial charge in [0.25, 0.3) is 11.8 Å². The van der Waals surface area contributed by atoms with Crippen molar-refractivity contribution >= 4 is 41.1 Å². The molecule has 11 heteroatoms. The lowest BCUT2D eigenvalue weighted by atomic mass is 10.0. The SMILES string of the molecule is CC(C)O/N=C(/C(=O)NC1C(=O)N2C(C(=O)O)=CC(C)SC12)c1cccc(N)n1. The molecule has 0 spiro atoms. The van der Waals surface area contributed by atoms with Gasteiger partial charge in [-0.25, -0.2) is 9.78 Å². The van der Waals surface area contributed by atoms with Crippen molar-refractivity contribution in [2.24, 2.45) is 5.16 Å². The smallest absolute Gasteiger partial charge is 0.352 e. The highest BCUT2D eigenvalue weighted by Gasteiger charge is 2.54. The Labute approximate surface area is 171 Å². The largest absolute Gasteiger partial charge is 0.477 e. The number of nitrogens with zero attached hydrogens (tertiary/aromatic N) is 3. The number of aliphatic carboxylic acids is 1. The molecule has 1 fully saturated rings. The molecule has 1 aromatic rings. The van der Waals surface area contributed by atoms with Gasteiger partial charge in [0.1, 0.15) is 34.7 Å². The number of hydrogen-bond donors (Lipinski definition) is 3. The minimum Gasteiger partial charge on any atom is -0.477 e. The molecule has 0 aromatic carbocycles. The second-order valence-corrected chi connectivity index (χ2v) is 8.29. The average Bonchev–Trinajstić information content (AvgIpc) is 2.65. The highest BCUT2D eigenvalue weighted by molar-refractivity contribution is 8.00. The number of anilines is 1. The van der Waals surface area contributed by atoms with Gasteiger partial charge in [-0.05, 0) is 39.0 Å². The van der Waals surface area contributed by atoms with Crippen molar-refractivity contribution < 1.29 is 24.3 Å². The van der Waals surface area contributed by atoms with Crippen LogP contribution in [-0.4, -0.2) is 61.3 Å². The van der Waals surface area contributed by atoms with E-state index in [1.54, 1.807) is 32.0 Å². The number of β-lactam (4-membered cyclic amide) rings is 1. The van der Waals surface area contributed by atoms with Crippen LogP contribution in [0.4, 0.5) is 5.82 Å².